The minimum Gasteiger partial charge on any atom is -0.494 e. The van der Waals surface area contributed by atoms with Crippen LogP contribution in [0.15, 0.2) is 70.9 Å². The molecular weight excluding hydrogens is 390 g/mol. The standard InChI is InChI=1S/C26H27NO4/c1-4-31-22-13-9-8-12-19(22)24-23(26(29)30-3)16(2)27-20-14-18(15-21(28)25(20)24)17-10-6-5-7-11-17/h5-13,18,24-25H,4,14-15H2,1-3H3/t18-,24-,25?/m1/s1. The molecule has 0 aromatic heterocycles. The second-order valence-corrected chi connectivity index (χ2v) is 8.00. The average molecular weight is 418 g/mol. The first kappa shape index (κ1) is 21.0. The summed E-state index contributed by atoms with van der Waals surface area (Å²) in [6, 6.07) is 17.7. The Balaban J connectivity index is 1.83. The molecule has 5 heteroatoms. The number of allylic oxidation sites excluding steroid dienone is 1. The maximum atomic E-state index is 13.5. The van der Waals surface area contributed by atoms with Crippen molar-refractivity contribution in [1.82, 2.24) is 0 Å². The second-order valence-electron chi connectivity index (χ2n) is 8.00. The van der Waals surface area contributed by atoms with Crippen LogP contribution in [0.3, 0.4) is 0 Å². The molecule has 0 radical (unpaired) electrons. The molecule has 4 rings (SSSR count). The summed E-state index contributed by atoms with van der Waals surface area (Å²) in [7, 11) is 1.36. The van der Waals surface area contributed by atoms with E-state index in [0.717, 1.165) is 16.8 Å². The zero-order valence-corrected chi connectivity index (χ0v) is 18.1. The summed E-state index contributed by atoms with van der Waals surface area (Å²) < 4.78 is 11.0. The second kappa shape index (κ2) is 8.88. The monoisotopic (exact) mass is 417 g/mol. The number of rotatable bonds is 5. The molecule has 2 aromatic rings. The van der Waals surface area contributed by atoms with E-state index in [4.69, 9.17) is 14.5 Å². The van der Waals surface area contributed by atoms with E-state index in [0.29, 0.717) is 36.5 Å². The number of fused-ring (bicyclic) bond motifs is 1. The molecular formula is C26H27NO4. The molecule has 5 nitrogen and oxygen atoms in total. The molecule has 1 aliphatic heterocycles. The van der Waals surface area contributed by atoms with Gasteiger partial charge in [0.05, 0.1) is 25.2 Å². The lowest BCUT2D eigenvalue weighted by atomic mass is 9.66. The van der Waals surface area contributed by atoms with Crippen molar-refractivity contribution in [2.24, 2.45) is 10.9 Å². The van der Waals surface area contributed by atoms with Gasteiger partial charge in [0.2, 0.25) is 0 Å². The van der Waals surface area contributed by atoms with Gasteiger partial charge < -0.3 is 9.47 Å². The van der Waals surface area contributed by atoms with Crippen molar-refractivity contribution in [2.75, 3.05) is 13.7 Å². The lowest BCUT2D eigenvalue weighted by molar-refractivity contribution is -0.136. The highest BCUT2D eigenvalue weighted by atomic mass is 16.5. The Labute approximate surface area is 182 Å². The van der Waals surface area contributed by atoms with Gasteiger partial charge in [0.15, 0.2) is 0 Å². The molecule has 0 bridgehead atoms. The SMILES string of the molecule is CCOc1ccccc1[C@@H]1C(C(=O)OC)=C(C)N=C2C[C@@H](c3ccccc3)CC(=O)C21. The van der Waals surface area contributed by atoms with Gasteiger partial charge in [-0.3, -0.25) is 9.79 Å². The van der Waals surface area contributed by atoms with Gasteiger partial charge in [-0.05, 0) is 37.8 Å². The topological polar surface area (TPSA) is 65.0 Å². The van der Waals surface area contributed by atoms with E-state index in [1.54, 1.807) is 0 Å². The van der Waals surface area contributed by atoms with Crippen LogP contribution in [0, 0.1) is 5.92 Å². The molecule has 0 saturated heterocycles. The number of ether oxygens (including phenoxy) is 2. The van der Waals surface area contributed by atoms with Crippen molar-refractivity contribution in [1.29, 1.82) is 0 Å². The maximum Gasteiger partial charge on any atom is 0.336 e. The van der Waals surface area contributed by atoms with Crippen molar-refractivity contribution >= 4 is 17.5 Å². The largest absolute Gasteiger partial charge is 0.494 e. The molecule has 160 valence electrons. The molecule has 1 unspecified atom stereocenters. The number of Topliss-reactive ketones (excluding diaryl/α,β-unsaturated/α-hetero) is 1. The van der Waals surface area contributed by atoms with Gasteiger partial charge >= 0.3 is 5.97 Å². The molecule has 2 aliphatic rings. The summed E-state index contributed by atoms with van der Waals surface area (Å²) >= 11 is 0. The fourth-order valence-corrected chi connectivity index (χ4v) is 4.87. The van der Waals surface area contributed by atoms with Crippen LogP contribution in [-0.4, -0.2) is 31.2 Å². The molecule has 0 N–H and O–H groups in total. The third-order valence-corrected chi connectivity index (χ3v) is 6.18. The van der Waals surface area contributed by atoms with Crippen LogP contribution in [0.1, 0.15) is 49.7 Å². The Morgan fingerprint density at radius 3 is 2.45 bits per heavy atom. The molecule has 1 fully saturated rings. The number of nitrogens with zero attached hydrogens (tertiary/aromatic N) is 1. The minimum atomic E-state index is -0.487. The number of hydrogen-bond donors (Lipinski definition) is 0. The zero-order chi connectivity index (χ0) is 22.0. The number of carbonyl (C=O) groups excluding carboxylic acids is 2. The average Bonchev–Trinajstić information content (AvgIpc) is 2.79. The highest BCUT2D eigenvalue weighted by Gasteiger charge is 2.46. The van der Waals surface area contributed by atoms with Crippen LogP contribution in [0.4, 0.5) is 0 Å². The van der Waals surface area contributed by atoms with E-state index < -0.39 is 17.8 Å². The van der Waals surface area contributed by atoms with E-state index in [2.05, 4.69) is 12.1 Å². The van der Waals surface area contributed by atoms with Crippen molar-refractivity contribution in [2.45, 2.75) is 38.5 Å². The molecule has 0 amide bonds. The summed E-state index contributed by atoms with van der Waals surface area (Å²) in [5.41, 5.74) is 3.86. The van der Waals surface area contributed by atoms with Gasteiger partial charge in [-0.15, -0.1) is 0 Å². The Hall–Kier alpha value is -3.21. The van der Waals surface area contributed by atoms with Gasteiger partial charge in [-0.25, -0.2) is 4.79 Å². The third-order valence-electron chi connectivity index (χ3n) is 6.18. The predicted molar refractivity (Wildman–Crippen MR) is 119 cm³/mol. The first-order valence-electron chi connectivity index (χ1n) is 10.7. The maximum absolute atomic E-state index is 13.5. The quantitative estimate of drug-likeness (QED) is 0.654. The van der Waals surface area contributed by atoms with Crippen LogP contribution in [0.25, 0.3) is 0 Å². The van der Waals surface area contributed by atoms with Crippen molar-refractivity contribution < 1.29 is 19.1 Å². The Morgan fingerprint density at radius 2 is 1.74 bits per heavy atom. The summed E-state index contributed by atoms with van der Waals surface area (Å²) in [5.74, 6) is -0.521. The number of benzene rings is 2. The van der Waals surface area contributed by atoms with Crippen molar-refractivity contribution in [3.05, 3.63) is 77.0 Å². The fraction of sp³-hybridized carbons (Fsp3) is 0.346. The number of methoxy groups -OCH3 is 1. The number of esters is 1. The van der Waals surface area contributed by atoms with Gasteiger partial charge in [-0.2, -0.15) is 0 Å². The molecule has 1 saturated carbocycles. The number of aliphatic imine (C=N–C) groups is 1. The van der Waals surface area contributed by atoms with E-state index in [1.807, 2.05) is 56.3 Å². The van der Waals surface area contributed by atoms with E-state index in [-0.39, 0.29) is 11.7 Å². The van der Waals surface area contributed by atoms with Crippen molar-refractivity contribution in [3.8, 4) is 5.75 Å². The van der Waals surface area contributed by atoms with Gasteiger partial charge in [0, 0.05) is 29.3 Å². The third kappa shape index (κ3) is 3.92. The zero-order valence-electron chi connectivity index (χ0n) is 18.1. The summed E-state index contributed by atoms with van der Waals surface area (Å²) in [4.78, 5) is 31.1. The summed E-state index contributed by atoms with van der Waals surface area (Å²) in [6.45, 7) is 4.24. The van der Waals surface area contributed by atoms with Crippen LogP contribution < -0.4 is 4.74 Å². The Kier molecular flexibility index (Phi) is 6.03. The minimum absolute atomic E-state index is 0.0963. The number of carbonyl (C=O) groups is 2. The number of para-hydroxylation sites is 1. The van der Waals surface area contributed by atoms with Crippen LogP contribution in [0.5, 0.6) is 5.75 Å². The van der Waals surface area contributed by atoms with Crippen molar-refractivity contribution in [3.63, 3.8) is 0 Å². The first-order valence-corrected chi connectivity index (χ1v) is 10.7. The van der Waals surface area contributed by atoms with E-state index in [9.17, 15) is 9.59 Å². The summed E-state index contributed by atoms with van der Waals surface area (Å²) in [6.07, 6.45) is 1.12. The summed E-state index contributed by atoms with van der Waals surface area (Å²) in [5, 5.41) is 0. The Morgan fingerprint density at radius 1 is 1.03 bits per heavy atom. The highest BCUT2D eigenvalue weighted by molar-refractivity contribution is 6.12. The number of ketones is 1. The molecule has 3 atom stereocenters. The number of hydrogen-bond acceptors (Lipinski definition) is 5. The van der Waals surface area contributed by atoms with E-state index >= 15 is 0 Å². The normalized spacial score (nSPS) is 23.1. The lowest BCUT2D eigenvalue weighted by Gasteiger charge is -2.38. The molecule has 0 spiro atoms. The molecule has 1 heterocycles. The van der Waals surface area contributed by atoms with Crippen LogP contribution >= 0.6 is 0 Å². The van der Waals surface area contributed by atoms with Crippen LogP contribution in [-0.2, 0) is 14.3 Å². The molecule has 2 aromatic carbocycles. The molecule has 1 aliphatic carbocycles. The first-order chi connectivity index (χ1) is 15.0. The van der Waals surface area contributed by atoms with Gasteiger partial charge in [0.25, 0.3) is 0 Å². The lowest BCUT2D eigenvalue weighted by Crippen LogP contribution is -2.41. The predicted octanol–water partition coefficient (Wildman–Crippen LogP) is 4.83. The van der Waals surface area contributed by atoms with Gasteiger partial charge in [-0.1, -0.05) is 48.5 Å². The van der Waals surface area contributed by atoms with Crippen LogP contribution in [0.2, 0.25) is 0 Å². The molecule has 31 heavy (non-hydrogen) atoms. The fourth-order valence-electron chi connectivity index (χ4n) is 4.87. The Bertz CT molecular complexity index is 1050. The van der Waals surface area contributed by atoms with Gasteiger partial charge in [0.1, 0.15) is 11.5 Å². The smallest absolute Gasteiger partial charge is 0.336 e. The van der Waals surface area contributed by atoms with E-state index in [1.165, 1.54) is 7.11 Å². The highest BCUT2D eigenvalue weighted by Crippen LogP contribution is 2.47.